The molecule has 1 aliphatic heterocycles. The number of likely N-dealkylation sites (N-methyl/N-ethyl adjacent to an activating group) is 1. The Hall–Kier alpha value is -1.26. The van der Waals surface area contributed by atoms with Crippen LogP contribution in [0, 0.1) is 5.82 Å². The number of piperazine rings is 1. The lowest BCUT2D eigenvalue weighted by atomic mass is 10.1. The minimum Gasteiger partial charge on any atom is -0.328 e. The maximum absolute atomic E-state index is 13.4. The predicted molar refractivity (Wildman–Crippen MR) is 62.9 cm³/mol. The van der Waals surface area contributed by atoms with Crippen LogP contribution in [0.5, 0.6) is 0 Å². The monoisotopic (exact) mass is 238 g/mol. The first kappa shape index (κ1) is 12.2. The van der Waals surface area contributed by atoms with Gasteiger partial charge in [0.1, 0.15) is 38.5 Å². The number of ketones is 1. The third kappa shape index (κ3) is 3.11. The van der Waals surface area contributed by atoms with E-state index >= 15 is 0 Å². The molecular formula is C13H19FN2O+2. The Labute approximate surface area is 101 Å². The number of hydrogen-bond donors (Lipinski definition) is 2. The van der Waals surface area contributed by atoms with E-state index in [9.17, 15) is 9.18 Å². The Morgan fingerprint density at radius 2 is 1.88 bits per heavy atom. The van der Waals surface area contributed by atoms with Crippen LogP contribution < -0.4 is 9.80 Å². The average molecular weight is 238 g/mol. The van der Waals surface area contributed by atoms with E-state index in [4.69, 9.17) is 0 Å². The van der Waals surface area contributed by atoms with Crippen LogP contribution in [-0.4, -0.2) is 45.6 Å². The lowest BCUT2D eigenvalue weighted by Crippen LogP contribution is -3.27. The molecule has 0 aliphatic carbocycles. The summed E-state index contributed by atoms with van der Waals surface area (Å²) in [6.45, 7) is 4.56. The van der Waals surface area contributed by atoms with Gasteiger partial charge in [-0.25, -0.2) is 4.39 Å². The normalized spacial score (nSPS) is 24.6. The van der Waals surface area contributed by atoms with Crippen LogP contribution in [0.25, 0.3) is 0 Å². The highest BCUT2D eigenvalue weighted by Crippen LogP contribution is 2.05. The Kier molecular flexibility index (Phi) is 3.86. The van der Waals surface area contributed by atoms with E-state index in [1.165, 1.54) is 15.9 Å². The smallest absolute Gasteiger partial charge is 0.219 e. The minimum absolute atomic E-state index is 0.0855. The van der Waals surface area contributed by atoms with Gasteiger partial charge < -0.3 is 9.80 Å². The van der Waals surface area contributed by atoms with Crippen molar-refractivity contribution >= 4 is 5.78 Å². The third-order valence-corrected chi connectivity index (χ3v) is 3.40. The van der Waals surface area contributed by atoms with Crippen molar-refractivity contribution in [2.45, 2.75) is 0 Å². The molecule has 0 radical (unpaired) electrons. The molecule has 1 heterocycles. The van der Waals surface area contributed by atoms with E-state index in [-0.39, 0.29) is 11.3 Å². The number of quaternary nitrogens is 2. The summed E-state index contributed by atoms with van der Waals surface area (Å²) < 4.78 is 13.4. The SMILES string of the molecule is C[NH+]1CC[NH+](CC(=O)c2ccccc2F)CC1. The van der Waals surface area contributed by atoms with E-state index < -0.39 is 5.82 Å². The molecule has 17 heavy (non-hydrogen) atoms. The molecule has 1 saturated heterocycles. The van der Waals surface area contributed by atoms with Gasteiger partial charge in [0.15, 0.2) is 0 Å². The topological polar surface area (TPSA) is 26.0 Å². The molecule has 0 aromatic heterocycles. The molecule has 3 nitrogen and oxygen atoms in total. The second kappa shape index (κ2) is 5.38. The minimum atomic E-state index is -0.406. The van der Waals surface area contributed by atoms with Gasteiger partial charge in [-0.1, -0.05) is 12.1 Å². The summed E-state index contributed by atoms with van der Waals surface area (Å²) in [5.41, 5.74) is 0.228. The van der Waals surface area contributed by atoms with E-state index in [1.807, 2.05) is 0 Å². The Morgan fingerprint density at radius 1 is 1.24 bits per heavy atom. The van der Waals surface area contributed by atoms with E-state index in [0.29, 0.717) is 6.54 Å². The first-order valence-electron chi connectivity index (χ1n) is 6.09. The van der Waals surface area contributed by atoms with Crippen molar-refractivity contribution in [3.05, 3.63) is 35.6 Å². The summed E-state index contributed by atoms with van der Waals surface area (Å²) in [6.07, 6.45) is 0. The molecule has 4 heteroatoms. The molecule has 1 aromatic rings. The summed E-state index contributed by atoms with van der Waals surface area (Å²) in [5.74, 6) is -0.491. The van der Waals surface area contributed by atoms with Gasteiger partial charge in [-0.3, -0.25) is 4.79 Å². The summed E-state index contributed by atoms with van der Waals surface area (Å²) in [7, 11) is 2.16. The average Bonchev–Trinajstić information content (AvgIpc) is 2.32. The zero-order valence-corrected chi connectivity index (χ0v) is 10.1. The lowest BCUT2D eigenvalue weighted by Gasteiger charge is -2.26. The molecule has 0 atom stereocenters. The van der Waals surface area contributed by atoms with Gasteiger partial charge in [0.25, 0.3) is 0 Å². The molecule has 0 unspecified atom stereocenters. The number of halogens is 1. The van der Waals surface area contributed by atoms with E-state index in [2.05, 4.69) is 7.05 Å². The van der Waals surface area contributed by atoms with Crippen LogP contribution in [0.2, 0.25) is 0 Å². The van der Waals surface area contributed by atoms with Gasteiger partial charge >= 0.3 is 0 Å². The van der Waals surface area contributed by atoms with Gasteiger partial charge in [-0.05, 0) is 12.1 Å². The van der Waals surface area contributed by atoms with Gasteiger partial charge in [0, 0.05) is 0 Å². The first-order valence-corrected chi connectivity index (χ1v) is 6.09. The standard InChI is InChI=1S/C13H17FN2O/c1-15-6-8-16(9-7-15)10-13(17)11-4-2-3-5-12(11)14/h2-5H,6-10H2,1H3/p+2. The highest BCUT2D eigenvalue weighted by molar-refractivity contribution is 5.97. The lowest BCUT2D eigenvalue weighted by molar-refractivity contribution is -0.999. The summed E-state index contributed by atoms with van der Waals surface area (Å²) in [4.78, 5) is 14.7. The van der Waals surface area contributed by atoms with Crippen LogP contribution in [0.3, 0.4) is 0 Å². The fourth-order valence-electron chi connectivity index (χ4n) is 2.22. The molecule has 1 fully saturated rings. The number of nitrogens with one attached hydrogen (secondary N) is 2. The largest absolute Gasteiger partial charge is 0.328 e. The van der Waals surface area contributed by atoms with Crippen LogP contribution in [0.4, 0.5) is 4.39 Å². The maximum Gasteiger partial charge on any atom is 0.219 e. The highest BCUT2D eigenvalue weighted by Gasteiger charge is 2.23. The maximum atomic E-state index is 13.4. The van der Waals surface area contributed by atoms with Crippen molar-refractivity contribution in [3.8, 4) is 0 Å². The van der Waals surface area contributed by atoms with Crippen LogP contribution in [-0.2, 0) is 0 Å². The fourth-order valence-corrected chi connectivity index (χ4v) is 2.22. The Bertz CT molecular complexity index is 400. The molecule has 92 valence electrons. The van der Waals surface area contributed by atoms with Crippen molar-refractivity contribution in [1.82, 2.24) is 0 Å². The second-order valence-corrected chi connectivity index (χ2v) is 4.79. The fraction of sp³-hybridized carbons (Fsp3) is 0.462. The summed E-state index contributed by atoms with van der Waals surface area (Å²) in [6, 6.07) is 6.23. The van der Waals surface area contributed by atoms with Crippen molar-refractivity contribution < 1.29 is 19.0 Å². The number of benzene rings is 1. The summed E-state index contributed by atoms with van der Waals surface area (Å²) in [5, 5.41) is 0. The molecule has 0 amide bonds. The van der Waals surface area contributed by atoms with Gasteiger partial charge in [0.05, 0.1) is 12.6 Å². The number of carbonyl (C=O) groups excluding carboxylic acids is 1. The third-order valence-electron chi connectivity index (χ3n) is 3.40. The Balaban J connectivity index is 1.96. The van der Waals surface area contributed by atoms with Crippen LogP contribution in [0.15, 0.2) is 24.3 Å². The van der Waals surface area contributed by atoms with E-state index in [0.717, 1.165) is 26.2 Å². The Morgan fingerprint density at radius 3 is 2.53 bits per heavy atom. The molecule has 2 rings (SSSR count). The second-order valence-electron chi connectivity index (χ2n) is 4.79. The quantitative estimate of drug-likeness (QED) is 0.611. The van der Waals surface area contributed by atoms with Crippen molar-refractivity contribution in [3.63, 3.8) is 0 Å². The first-order chi connectivity index (χ1) is 8.16. The van der Waals surface area contributed by atoms with Crippen molar-refractivity contribution in [2.75, 3.05) is 39.8 Å². The molecule has 1 aliphatic rings. The molecule has 0 saturated carbocycles. The molecule has 0 spiro atoms. The number of hydrogen-bond acceptors (Lipinski definition) is 1. The number of carbonyl (C=O) groups is 1. The van der Waals surface area contributed by atoms with Crippen molar-refractivity contribution in [2.24, 2.45) is 0 Å². The molecule has 1 aromatic carbocycles. The van der Waals surface area contributed by atoms with E-state index in [1.54, 1.807) is 18.2 Å². The van der Waals surface area contributed by atoms with Crippen LogP contribution >= 0.6 is 0 Å². The zero-order chi connectivity index (χ0) is 12.3. The molecular weight excluding hydrogens is 219 g/mol. The zero-order valence-electron chi connectivity index (χ0n) is 10.1. The number of rotatable bonds is 3. The van der Waals surface area contributed by atoms with Gasteiger partial charge in [-0.2, -0.15) is 0 Å². The van der Waals surface area contributed by atoms with Gasteiger partial charge in [0.2, 0.25) is 5.78 Å². The number of Topliss-reactive ketones (excluding diaryl/α,β-unsaturated/α-hetero) is 1. The molecule has 2 N–H and O–H groups in total. The summed E-state index contributed by atoms with van der Waals surface area (Å²) >= 11 is 0. The highest BCUT2D eigenvalue weighted by atomic mass is 19.1. The van der Waals surface area contributed by atoms with Gasteiger partial charge in [-0.15, -0.1) is 0 Å². The molecule has 0 bridgehead atoms. The van der Waals surface area contributed by atoms with Crippen LogP contribution in [0.1, 0.15) is 10.4 Å². The predicted octanol–water partition coefficient (Wildman–Crippen LogP) is -1.58. The van der Waals surface area contributed by atoms with Crippen molar-refractivity contribution in [1.29, 1.82) is 0 Å².